The minimum absolute atomic E-state index is 0.184. The van der Waals surface area contributed by atoms with E-state index in [9.17, 15) is 14.4 Å². The predicted molar refractivity (Wildman–Crippen MR) is 96.0 cm³/mol. The van der Waals surface area contributed by atoms with Crippen molar-refractivity contribution in [2.45, 2.75) is 46.2 Å². The Balaban J connectivity index is 2.16. The molecule has 0 bridgehead atoms. The molecule has 0 fully saturated rings. The van der Waals surface area contributed by atoms with Gasteiger partial charge < -0.3 is 10.6 Å². The van der Waals surface area contributed by atoms with Gasteiger partial charge in [-0.15, -0.1) is 0 Å². The Morgan fingerprint density at radius 3 is 2.46 bits per heavy atom. The zero-order chi connectivity index (χ0) is 19.3. The highest BCUT2D eigenvalue weighted by molar-refractivity contribution is 5.91. The Morgan fingerprint density at radius 2 is 1.85 bits per heavy atom. The average Bonchev–Trinajstić information content (AvgIpc) is 2.77. The summed E-state index contributed by atoms with van der Waals surface area (Å²) in [6.45, 7) is 5.94. The number of hydrogen-bond donors (Lipinski definition) is 4. The summed E-state index contributed by atoms with van der Waals surface area (Å²) < 4.78 is 0. The summed E-state index contributed by atoms with van der Waals surface area (Å²) in [5, 5.41) is 14.5. The monoisotopic (exact) mass is 361 g/mol. The first kappa shape index (κ1) is 19.9. The van der Waals surface area contributed by atoms with Crippen molar-refractivity contribution in [2.75, 3.05) is 0 Å². The van der Waals surface area contributed by atoms with E-state index in [0.29, 0.717) is 19.4 Å². The van der Waals surface area contributed by atoms with Crippen LogP contribution in [0.3, 0.4) is 0 Å². The van der Waals surface area contributed by atoms with Crippen LogP contribution < -0.4 is 16.1 Å². The standard InChI is InChI=1S/C19H27N3O4/c1-11(2)8-15(12(3)17(23)22-26)18(24)21-16-9-13-6-4-5-7-14(13)10-20-19(16)25/h4-7,11-12,15-16,26H,8-10H2,1-3H3,(H,20,25)(H,21,24)(H,22,23)/t12-,15-,16+/m1/s1. The van der Waals surface area contributed by atoms with E-state index < -0.39 is 23.8 Å². The molecular formula is C19H27N3O4. The van der Waals surface area contributed by atoms with Crippen molar-refractivity contribution in [1.82, 2.24) is 16.1 Å². The Kier molecular flexibility index (Phi) is 6.74. The lowest BCUT2D eigenvalue weighted by molar-refractivity contribution is -0.141. The number of amides is 3. The van der Waals surface area contributed by atoms with E-state index >= 15 is 0 Å². The number of hydrogen-bond acceptors (Lipinski definition) is 4. The molecule has 2 rings (SSSR count). The summed E-state index contributed by atoms with van der Waals surface area (Å²) in [5.41, 5.74) is 3.65. The van der Waals surface area contributed by atoms with Crippen molar-refractivity contribution in [1.29, 1.82) is 0 Å². The van der Waals surface area contributed by atoms with Crippen molar-refractivity contribution in [3.8, 4) is 0 Å². The maximum absolute atomic E-state index is 12.8. The minimum atomic E-state index is -0.705. The Morgan fingerprint density at radius 1 is 1.19 bits per heavy atom. The van der Waals surface area contributed by atoms with Gasteiger partial charge in [0.25, 0.3) is 0 Å². The summed E-state index contributed by atoms with van der Waals surface area (Å²) in [5.74, 6) is -2.35. The summed E-state index contributed by atoms with van der Waals surface area (Å²) in [6.07, 6.45) is 0.883. The maximum Gasteiger partial charge on any atom is 0.246 e. The molecule has 4 N–H and O–H groups in total. The zero-order valence-corrected chi connectivity index (χ0v) is 15.4. The van der Waals surface area contributed by atoms with Gasteiger partial charge in [0.05, 0.1) is 0 Å². The number of nitrogens with one attached hydrogen (secondary N) is 3. The van der Waals surface area contributed by atoms with Crippen LogP contribution in [0.2, 0.25) is 0 Å². The first-order valence-electron chi connectivity index (χ1n) is 8.92. The highest BCUT2D eigenvalue weighted by Gasteiger charge is 2.34. The van der Waals surface area contributed by atoms with Crippen LogP contribution in [0.5, 0.6) is 0 Å². The third kappa shape index (κ3) is 4.82. The van der Waals surface area contributed by atoms with Crippen LogP contribution in [-0.4, -0.2) is 29.0 Å². The third-order valence-corrected chi connectivity index (χ3v) is 4.82. The molecule has 0 aromatic heterocycles. The molecule has 1 heterocycles. The Hall–Kier alpha value is -2.41. The Bertz CT molecular complexity index is 675. The van der Waals surface area contributed by atoms with E-state index in [4.69, 9.17) is 5.21 Å². The number of carbonyl (C=O) groups is 3. The SMILES string of the molecule is CC(C)C[C@@H](C(=O)N[C@H]1Cc2ccccc2CNC1=O)[C@@H](C)C(=O)NO. The first-order chi connectivity index (χ1) is 12.3. The van der Waals surface area contributed by atoms with Crippen LogP contribution >= 0.6 is 0 Å². The van der Waals surface area contributed by atoms with Crippen LogP contribution in [0.1, 0.15) is 38.3 Å². The van der Waals surface area contributed by atoms with Gasteiger partial charge in [-0.1, -0.05) is 45.0 Å². The average molecular weight is 361 g/mol. The molecule has 0 saturated heterocycles. The topological polar surface area (TPSA) is 108 Å². The third-order valence-electron chi connectivity index (χ3n) is 4.82. The second kappa shape index (κ2) is 8.80. The summed E-state index contributed by atoms with van der Waals surface area (Å²) in [7, 11) is 0. The zero-order valence-electron chi connectivity index (χ0n) is 15.4. The lowest BCUT2D eigenvalue weighted by Crippen LogP contribution is -2.50. The van der Waals surface area contributed by atoms with Crippen LogP contribution in [0.15, 0.2) is 24.3 Å². The van der Waals surface area contributed by atoms with E-state index in [1.54, 1.807) is 12.4 Å². The molecule has 7 heteroatoms. The number of fused-ring (bicyclic) bond motifs is 1. The van der Waals surface area contributed by atoms with E-state index in [-0.39, 0.29) is 17.7 Å². The van der Waals surface area contributed by atoms with Crippen molar-refractivity contribution in [2.24, 2.45) is 17.8 Å². The fourth-order valence-electron chi connectivity index (χ4n) is 3.27. The van der Waals surface area contributed by atoms with E-state index in [2.05, 4.69) is 10.6 Å². The van der Waals surface area contributed by atoms with Gasteiger partial charge in [0.2, 0.25) is 17.7 Å². The van der Waals surface area contributed by atoms with Gasteiger partial charge in [0, 0.05) is 24.8 Å². The fraction of sp³-hybridized carbons (Fsp3) is 0.526. The molecule has 3 amide bonds. The molecule has 0 spiro atoms. The highest BCUT2D eigenvalue weighted by atomic mass is 16.5. The van der Waals surface area contributed by atoms with Gasteiger partial charge in [0.15, 0.2) is 0 Å². The quantitative estimate of drug-likeness (QED) is 0.450. The normalized spacial score (nSPS) is 19.0. The van der Waals surface area contributed by atoms with Crippen LogP contribution in [0.25, 0.3) is 0 Å². The molecule has 1 aliphatic rings. The first-order valence-corrected chi connectivity index (χ1v) is 8.92. The summed E-state index contributed by atoms with van der Waals surface area (Å²) >= 11 is 0. The van der Waals surface area contributed by atoms with Crippen LogP contribution in [-0.2, 0) is 27.3 Å². The largest absolute Gasteiger partial charge is 0.350 e. The van der Waals surface area contributed by atoms with Gasteiger partial charge in [-0.2, -0.15) is 0 Å². The van der Waals surface area contributed by atoms with E-state index in [1.165, 1.54) is 0 Å². The van der Waals surface area contributed by atoms with Crippen LogP contribution in [0.4, 0.5) is 0 Å². The molecule has 0 aliphatic carbocycles. The van der Waals surface area contributed by atoms with Crippen molar-refractivity contribution in [3.05, 3.63) is 35.4 Å². The van der Waals surface area contributed by atoms with Crippen molar-refractivity contribution in [3.63, 3.8) is 0 Å². The molecule has 26 heavy (non-hydrogen) atoms. The molecule has 142 valence electrons. The van der Waals surface area contributed by atoms with E-state index in [0.717, 1.165) is 11.1 Å². The van der Waals surface area contributed by atoms with Gasteiger partial charge in [-0.25, -0.2) is 5.48 Å². The maximum atomic E-state index is 12.8. The highest BCUT2D eigenvalue weighted by Crippen LogP contribution is 2.22. The smallest absolute Gasteiger partial charge is 0.246 e. The second-order valence-electron chi connectivity index (χ2n) is 7.25. The van der Waals surface area contributed by atoms with Gasteiger partial charge in [0.1, 0.15) is 6.04 Å². The van der Waals surface area contributed by atoms with Crippen LogP contribution in [0, 0.1) is 17.8 Å². The molecular weight excluding hydrogens is 334 g/mol. The van der Waals surface area contributed by atoms with Crippen molar-refractivity contribution < 1.29 is 19.6 Å². The summed E-state index contributed by atoms with van der Waals surface area (Å²) in [4.78, 5) is 37.0. The number of benzene rings is 1. The number of rotatable bonds is 6. The molecule has 1 aliphatic heterocycles. The molecule has 3 atom stereocenters. The van der Waals surface area contributed by atoms with Gasteiger partial charge in [-0.3, -0.25) is 19.6 Å². The van der Waals surface area contributed by atoms with E-state index in [1.807, 2.05) is 38.1 Å². The van der Waals surface area contributed by atoms with Gasteiger partial charge in [-0.05, 0) is 23.5 Å². The van der Waals surface area contributed by atoms with Crippen molar-refractivity contribution >= 4 is 17.7 Å². The van der Waals surface area contributed by atoms with Gasteiger partial charge >= 0.3 is 0 Å². The Labute approximate surface area is 153 Å². The molecule has 1 aromatic rings. The predicted octanol–water partition coefficient (Wildman–Crippen LogP) is 1.15. The second-order valence-corrected chi connectivity index (χ2v) is 7.25. The molecule has 7 nitrogen and oxygen atoms in total. The fourth-order valence-corrected chi connectivity index (χ4v) is 3.27. The number of hydroxylamine groups is 1. The molecule has 1 aromatic carbocycles. The number of carbonyl (C=O) groups excluding carboxylic acids is 3. The molecule has 0 radical (unpaired) electrons. The lowest BCUT2D eigenvalue weighted by atomic mass is 9.85. The molecule has 0 saturated carbocycles. The molecule has 0 unspecified atom stereocenters. The lowest BCUT2D eigenvalue weighted by Gasteiger charge is -2.25. The minimum Gasteiger partial charge on any atom is -0.350 e. The summed E-state index contributed by atoms with van der Waals surface area (Å²) in [6, 6.07) is 7.03.